The number of carbonyl (C=O) groups is 2. The number of benzene rings is 2. The van der Waals surface area contributed by atoms with Gasteiger partial charge >= 0.3 is 6.29 Å². The summed E-state index contributed by atoms with van der Waals surface area (Å²) in [5, 5.41) is 2.63. The third-order valence-corrected chi connectivity index (χ3v) is 4.53. The van der Waals surface area contributed by atoms with Crippen molar-refractivity contribution in [2.24, 2.45) is 5.92 Å². The molecule has 1 N–H and O–H groups in total. The molecule has 2 aromatic rings. The summed E-state index contributed by atoms with van der Waals surface area (Å²) >= 11 is 0. The second-order valence-corrected chi connectivity index (χ2v) is 6.43. The second-order valence-electron chi connectivity index (χ2n) is 6.43. The Morgan fingerprint density at radius 3 is 2.79 bits per heavy atom. The Kier molecular flexibility index (Phi) is 4.29. The van der Waals surface area contributed by atoms with E-state index in [1.807, 2.05) is 0 Å². The number of nitrogens with zero attached hydrogens (tertiary/aromatic N) is 1. The number of hydrogen-bond donors (Lipinski definition) is 1. The molecule has 0 aromatic heterocycles. The second kappa shape index (κ2) is 6.66. The number of fused-ring (bicyclic) bond motifs is 1. The number of halogens is 2. The predicted molar refractivity (Wildman–Crippen MR) is 94.7 cm³/mol. The van der Waals surface area contributed by atoms with E-state index in [9.17, 15) is 18.4 Å². The predicted octanol–water partition coefficient (Wildman–Crippen LogP) is 3.01. The van der Waals surface area contributed by atoms with Gasteiger partial charge in [-0.15, -0.1) is 8.78 Å². The first-order valence-corrected chi connectivity index (χ1v) is 8.50. The molecule has 2 aliphatic heterocycles. The van der Waals surface area contributed by atoms with Crippen LogP contribution in [-0.2, 0) is 9.59 Å². The van der Waals surface area contributed by atoms with Crippen molar-refractivity contribution in [1.29, 1.82) is 0 Å². The highest BCUT2D eigenvalue weighted by Crippen LogP contribution is 2.42. The van der Waals surface area contributed by atoms with Crippen LogP contribution in [0.3, 0.4) is 0 Å². The summed E-state index contributed by atoms with van der Waals surface area (Å²) in [4.78, 5) is 26.4. The summed E-state index contributed by atoms with van der Waals surface area (Å²) in [5.74, 6) is -0.810. The van der Waals surface area contributed by atoms with Gasteiger partial charge in [0.25, 0.3) is 0 Å². The van der Waals surface area contributed by atoms with Crippen molar-refractivity contribution in [1.82, 2.24) is 0 Å². The van der Waals surface area contributed by atoms with Crippen LogP contribution in [0, 0.1) is 5.92 Å². The Morgan fingerprint density at radius 1 is 1.21 bits per heavy atom. The van der Waals surface area contributed by atoms with Crippen LogP contribution >= 0.6 is 0 Å². The lowest BCUT2D eigenvalue weighted by atomic mass is 10.1. The topological polar surface area (TPSA) is 77.1 Å². The zero-order valence-corrected chi connectivity index (χ0v) is 14.8. The van der Waals surface area contributed by atoms with Gasteiger partial charge in [0, 0.05) is 36.5 Å². The first-order chi connectivity index (χ1) is 13.3. The molecular formula is C19H16F2N2O5. The van der Waals surface area contributed by atoms with Gasteiger partial charge in [0.05, 0.1) is 13.0 Å². The molecule has 0 spiro atoms. The lowest BCUT2D eigenvalue weighted by Crippen LogP contribution is -2.28. The Balaban J connectivity index is 1.44. The van der Waals surface area contributed by atoms with Crippen molar-refractivity contribution in [2.45, 2.75) is 12.7 Å². The molecule has 28 heavy (non-hydrogen) atoms. The number of rotatable bonds is 4. The molecule has 0 radical (unpaired) electrons. The zero-order valence-electron chi connectivity index (χ0n) is 14.8. The lowest BCUT2D eigenvalue weighted by Gasteiger charge is -2.17. The van der Waals surface area contributed by atoms with E-state index in [0.29, 0.717) is 11.4 Å². The summed E-state index contributed by atoms with van der Waals surface area (Å²) < 4.78 is 40.0. The normalized spacial score (nSPS) is 19.6. The van der Waals surface area contributed by atoms with Gasteiger partial charge in [-0.2, -0.15) is 0 Å². The summed E-state index contributed by atoms with van der Waals surface area (Å²) in [6, 6.07) is 11.0. The van der Waals surface area contributed by atoms with Crippen LogP contribution in [0.2, 0.25) is 0 Å². The molecular weight excluding hydrogens is 374 g/mol. The fourth-order valence-electron chi connectivity index (χ4n) is 3.18. The van der Waals surface area contributed by atoms with Crippen molar-refractivity contribution in [2.75, 3.05) is 23.9 Å². The maximum absolute atomic E-state index is 13.1. The number of alkyl halides is 2. The molecule has 9 heteroatoms. The van der Waals surface area contributed by atoms with E-state index in [0.717, 1.165) is 0 Å². The van der Waals surface area contributed by atoms with E-state index >= 15 is 0 Å². The molecule has 0 saturated carbocycles. The fourth-order valence-corrected chi connectivity index (χ4v) is 3.18. The van der Waals surface area contributed by atoms with Gasteiger partial charge in [0.2, 0.25) is 11.8 Å². The minimum Gasteiger partial charge on any atom is -0.497 e. The maximum Gasteiger partial charge on any atom is 0.586 e. The highest BCUT2D eigenvalue weighted by atomic mass is 19.3. The number of methoxy groups -OCH3 is 1. The van der Waals surface area contributed by atoms with Gasteiger partial charge in [0.1, 0.15) is 5.75 Å². The summed E-state index contributed by atoms with van der Waals surface area (Å²) in [6.45, 7) is 0.209. The molecule has 2 aliphatic rings. The quantitative estimate of drug-likeness (QED) is 0.869. The summed E-state index contributed by atoms with van der Waals surface area (Å²) in [7, 11) is 1.53. The number of anilines is 2. The van der Waals surface area contributed by atoms with Gasteiger partial charge in [-0.3, -0.25) is 9.59 Å². The van der Waals surface area contributed by atoms with Crippen molar-refractivity contribution < 1.29 is 32.6 Å². The average molecular weight is 390 g/mol. The maximum atomic E-state index is 13.1. The SMILES string of the molecule is COc1cccc(N2CC(C(=O)Nc3ccc4c(c3)OC(F)(F)O4)CC2=O)c1. The standard InChI is InChI=1S/C19H16F2N2O5/c1-26-14-4-2-3-13(9-14)23-10-11(7-17(23)24)18(25)22-12-5-6-15-16(8-12)28-19(20,21)27-15/h2-6,8-9,11H,7,10H2,1H3,(H,22,25). The molecule has 0 bridgehead atoms. The largest absolute Gasteiger partial charge is 0.586 e. The minimum absolute atomic E-state index is 0.0473. The molecule has 1 atom stereocenters. The van der Waals surface area contributed by atoms with E-state index < -0.39 is 12.2 Å². The Labute approximate surface area is 158 Å². The zero-order chi connectivity index (χ0) is 19.9. The minimum atomic E-state index is -3.72. The first kappa shape index (κ1) is 18.0. The van der Waals surface area contributed by atoms with Crippen molar-refractivity contribution in [3.63, 3.8) is 0 Å². The van der Waals surface area contributed by atoms with Crippen LogP contribution in [0.5, 0.6) is 17.2 Å². The van der Waals surface area contributed by atoms with Crippen molar-refractivity contribution in [3.8, 4) is 17.2 Å². The van der Waals surface area contributed by atoms with Crippen LogP contribution in [-0.4, -0.2) is 31.8 Å². The smallest absolute Gasteiger partial charge is 0.497 e. The Morgan fingerprint density at radius 2 is 2.00 bits per heavy atom. The third-order valence-electron chi connectivity index (χ3n) is 4.53. The fraction of sp³-hybridized carbons (Fsp3) is 0.263. The number of ether oxygens (including phenoxy) is 3. The van der Waals surface area contributed by atoms with Gasteiger partial charge in [-0.1, -0.05) is 6.07 Å². The Bertz CT molecular complexity index is 950. The molecule has 1 fully saturated rings. The van der Waals surface area contributed by atoms with E-state index in [-0.39, 0.29) is 42.0 Å². The van der Waals surface area contributed by atoms with E-state index in [1.165, 1.54) is 30.2 Å². The molecule has 4 rings (SSSR count). The molecule has 1 saturated heterocycles. The van der Waals surface area contributed by atoms with E-state index in [1.54, 1.807) is 24.3 Å². The van der Waals surface area contributed by atoms with Crippen LogP contribution in [0.25, 0.3) is 0 Å². The van der Waals surface area contributed by atoms with Gasteiger partial charge in [-0.25, -0.2) is 0 Å². The van der Waals surface area contributed by atoms with E-state index in [4.69, 9.17) is 4.74 Å². The number of amides is 2. The molecule has 2 amide bonds. The van der Waals surface area contributed by atoms with Crippen molar-refractivity contribution in [3.05, 3.63) is 42.5 Å². The molecule has 2 aromatic carbocycles. The van der Waals surface area contributed by atoms with Crippen LogP contribution in [0.15, 0.2) is 42.5 Å². The third kappa shape index (κ3) is 3.42. The van der Waals surface area contributed by atoms with Crippen LogP contribution < -0.4 is 24.4 Å². The van der Waals surface area contributed by atoms with Gasteiger partial charge in [-0.05, 0) is 24.3 Å². The molecule has 7 nitrogen and oxygen atoms in total. The molecule has 1 unspecified atom stereocenters. The Hall–Kier alpha value is -3.36. The first-order valence-electron chi connectivity index (χ1n) is 8.50. The summed E-state index contributed by atoms with van der Waals surface area (Å²) in [5.41, 5.74) is 0.919. The highest BCUT2D eigenvalue weighted by molar-refractivity contribution is 6.03. The average Bonchev–Trinajstić information content (AvgIpc) is 3.19. The number of hydrogen-bond acceptors (Lipinski definition) is 5. The molecule has 0 aliphatic carbocycles. The van der Waals surface area contributed by atoms with E-state index in [2.05, 4.69) is 14.8 Å². The lowest BCUT2D eigenvalue weighted by molar-refractivity contribution is -0.286. The van der Waals surface area contributed by atoms with Crippen LogP contribution in [0.1, 0.15) is 6.42 Å². The summed E-state index contributed by atoms with van der Waals surface area (Å²) in [6.07, 6.45) is -3.67. The number of carbonyl (C=O) groups excluding carboxylic acids is 2. The highest BCUT2D eigenvalue weighted by Gasteiger charge is 2.43. The van der Waals surface area contributed by atoms with Crippen molar-refractivity contribution >= 4 is 23.2 Å². The monoisotopic (exact) mass is 390 g/mol. The molecule has 2 heterocycles. The number of nitrogens with one attached hydrogen (secondary N) is 1. The van der Waals surface area contributed by atoms with Gasteiger partial charge in [0.15, 0.2) is 11.5 Å². The van der Waals surface area contributed by atoms with Crippen LogP contribution in [0.4, 0.5) is 20.2 Å². The molecule has 146 valence electrons. The van der Waals surface area contributed by atoms with Gasteiger partial charge < -0.3 is 24.4 Å².